The zero-order valence-corrected chi connectivity index (χ0v) is 50.4. The van der Waals surface area contributed by atoms with Crippen LogP contribution in [0.2, 0.25) is 0 Å². The summed E-state index contributed by atoms with van der Waals surface area (Å²) >= 11 is 0. The second kappa shape index (κ2) is 23.3. The van der Waals surface area contributed by atoms with Gasteiger partial charge in [-0.25, -0.2) is 4.79 Å². The summed E-state index contributed by atoms with van der Waals surface area (Å²) in [5, 5.41) is 10.6. The van der Waals surface area contributed by atoms with E-state index in [2.05, 4.69) is 20.8 Å². The molecular formula is C64H104O13. The molecule has 1 aliphatic heterocycles. The van der Waals surface area contributed by atoms with Crippen molar-refractivity contribution in [2.75, 3.05) is 6.61 Å². The Bertz CT molecular complexity index is 2090. The molecule has 0 radical (unpaired) electrons. The summed E-state index contributed by atoms with van der Waals surface area (Å²) < 4.78 is 33.9. The van der Waals surface area contributed by atoms with Crippen molar-refractivity contribution in [3.8, 4) is 0 Å². The molecule has 0 amide bonds. The van der Waals surface area contributed by atoms with E-state index in [-0.39, 0.29) is 88.1 Å². The first-order valence-corrected chi connectivity index (χ1v) is 31.0. The number of esters is 6. The first-order chi connectivity index (χ1) is 36.0. The number of aliphatic hydroxyl groups is 1. The monoisotopic (exact) mass is 1080 g/mol. The number of carbonyl (C=O) groups excluding carboxylic acids is 6. The Kier molecular flexibility index (Phi) is 18.6. The van der Waals surface area contributed by atoms with Gasteiger partial charge >= 0.3 is 35.8 Å². The molecule has 0 aromatic carbocycles. The van der Waals surface area contributed by atoms with Crippen molar-refractivity contribution in [3.05, 3.63) is 0 Å². The van der Waals surface area contributed by atoms with Crippen LogP contribution < -0.4 is 0 Å². The van der Waals surface area contributed by atoms with Crippen molar-refractivity contribution < 1.29 is 62.3 Å². The maximum absolute atomic E-state index is 12.6. The normalized spacial score (nSPS) is 36.5. The predicted octanol–water partition coefficient (Wildman–Crippen LogP) is 13.2. The Morgan fingerprint density at radius 1 is 0.571 bits per heavy atom. The minimum atomic E-state index is -0.610. The maximum atomic E-state index is 12.6. The van der Waals surface area contributed by atoms with E-state index in [1.165, 1.54) is 57.8 Å². The Balaban J connectivity index is 0.000000150. The van der Waals surface area contributed by atoms with Gasteiger partial charge in [-0.1, -0.05) is 48.0 Å². The van der Waals surface area contributed by atoms with Gasteiger partial charge in [0, 0.05) is 18.3 Å². The molecular weight excluding hydrogens is 977 g/mol. The zero-order chi connectivity index (χ0) is 56.7. The minimum absolute atomic E-state index is 0.00636. The van der Waals surface area contributed by atoms with E-state index < -0.39 is 28.4 Å². The highest BCUT2D eigenvalue weighted by Gasteiger charge is 2.64. The quantitative estimate of drug-likeness (QED) is 0.114. The summed E-state index contributed by atoms with van der Waals surface area (Å²) in [6.45, 7) is 27.4. The average molecular weight is 1080 g/mol. The number of carbonyl (C=O) groups is 6. The molecule has 1 saturated heterocycles. The van der Waals surface area contributed by atoms with Crippen molar-refractivity contribution in [1.82, 2.24) is 0 Å². The van der Waals surface area contributed by atoms with E-state index in [1.54, 1.807) is 13.8 Å². The van der Waals surface area contributed by atoms with Crippen LogP contribution in [0.25, 0.3) is 0 Å². The molecule has 11 aliphatic carbocycles. The molecule has 10 bridgehead atoms. The Hall–Kier alpha value is -3.22. The number of hydrogen-bond acceptors (Lipinski definition) is 13. The third kappa shape index (κ3) is 13.1. The fourth-order valence-electron chi connectivity index (χ4n) is 15.9. The van der Waals surface area contributed by atoms with Gasteiger partial charge in [0.05, 0.1) is 33.2 Å². The average Bonchev–Trinajstić information content (AvgIpc) is 4.11. The van der Waals surface area contributed by atoms with Gasteiger partial charge in [0.2, 0.25) is 0 Å². The van der Waals surface area contributed by atoms with Crippen LogP contribution in [-0.4, -0.2) is 82.1 Å². The maximum Gasteiger partial charge on any atom is 0.344 e. The lowest BCUT2D eigenvalue weighted by atomic mass is 9.49. The molecule has 1 heterocycles. The van der Waals surface area contributed by atoms with Gasteiger partial charge in [0.25, 0.3) is 0 Å². The van der Waals surface area contributed by atoms with Gasteiger partial charge in [0.1, 0.15) is 29.0 Å². The van der Waals surface area contributed by atoms with E-state index in [9.17, 15) is 33.9 Å². The highest BCUT2D eigenvalue weighted by Crippen LogP contribution is 2.62. The lowest BCUT2D eigenvalue weighted by molar-refractivity contribution is -0.225. The highest BCUT2D eigenvalue weighted by molar-refractivity contribution is 5.81. The molecule has 12 fully saturated rings. The summed E-state index contributed by atoms with van der Waals surface area (Å²) in [6.07, 6.45) is 24.1. The van der Waals surface area contributed by atoms with Crippen molar-refractivity contribution in [3.63, 3.8) is 0 Å². The third-order valence-corrected chi connectivity index (χ3v) is 22.1. The van der Waals surface area contributed by atoms with E-state index in [0.29, 0.717) is 36.5 Å². The summed E-state index contributed by atoms with van der Waals surface area (Å²) in [4.78, 5) is 72.5. The SMILES string of the molecule is CCC(C)(C)C(=O)OC1(CC)C2CC3CC(C2)CC1C3.CCC(C)(C)C(=O)OC12CC3CC(CC(O)(C3)C1)C2.CCC(C)(C)C(=O)OCC(=O)OC1C2CC3C(=O)OC1C3C2.CCC1(OC(=O)C(C)(C)CC)CCCCC1. The highest BCUT2D eigenvalue weighted by atomic mass is 16.6. The van der Waals surface area contributed by atoms with Gasteiger partial charge in [0.15, 0.2) is 6.61 Å². The Morgan fingerprint density at radius 2 is 1.05 bits per heavy atom. The predicted molar refractivity (Wildman–Crippen MR) is 294 cm³/mol. The van der Waals surface area contributed by atoms with Crippen LogP contribution in [0.5, 0.6) is 0 Å². The van der Waals surface area contributed by atoms with Crippen molar-refractivity contribution in [1.29, 1.82) is 0 Å². The van der Waals surface area contributed by atoms with Gasteiger partial charge in [-0.15, -0.1) is 0 Å². The summed E-state index contributed by atoms with van der Waals surface area (Å²) in [5.41, 5.74) is -2.88. The second-order valence-corrected chi connectivity index (χ2v) is 29.1. The van der Waals surface area contributed by atoms with E-state index in [1.807, 2.05) is 62.3 Å². The topological polar surface area (TPSA) is 178 Å². The van der Waals surface area contributed by atoms with E-state index >= 15 is 0 Å². The van der Waals surface area contributed by atoms with Crippen LogP contribution in [0.1, 0.15) is 251 Å². The van der Waals surface area contributed by atoms with Crippen LogP contribution in [0.15, 0.2) is 0 Å². The van der Waals surface area contributed by atoms with Gasteiger partial charge in [-0.05, 0) is 232 Å². The zero-order valence-electron chi connectivity index (χ0n) is 50.4. The number of ether oxygens (including phenoxy) is 6. The molecule has 13 nitrogen and oxygen atoms in total. The van der Waals surface area contributed by atoms with Crippen LogP contribution in [0.4, 0.5) is 0 Å². The first kappa shape index (κ1) is 61.4. The van der Waals surface area contributed by atoms with Crippen LogP contribution in [0.3, 0.4) is 0 Å². The molecule has 1 N–H and O–H groups in total. The Morgan fingerprint density at radius 3 is 1.53 bits per heavy atom. The minimum Gasteiger partial charge on any atom is -0.459 e. The largest absolute Gasteiger partial charge is 0.459 e. The van der Waals surface area contributed by atoms with E-state index in [4.69, 9.17) is 28.4 Å². The molecule has 438 valence electrons. The second-order valence-electron chi connectivity index (χ2n) is 29.1. The molecule has 77 heavy (non-hydrogen) atoms. The molecule has 0 aromatic rings. The summed E-state index contributed by atoms with van der Waals surface area (Å²) in [5.74, 6) is 3.42. The number of hydrogen-bond donors (Lipinski definition) is 1. The van der Waals surface area contributed by atoms with Crippen LogP contribution in [0, 0.1) is 74.9 Å². The molecule has 0 spiro atoms. The fraction of sp³-hybridized carbons (Fsp3) is 0.906. The number of fused-ring (bicyclic) bond motifs is 1. The van der Waals surface area contributed by atoms with Crippen molar-refractivity contribution >= 4 is 35.8 Å². The smallest absolute Gasteiger partial charge is 0.344 e. The molecule has 12 aliphatic rings. The van der Waals surface area contributed by atoms with Gasteiger partial charge in [-0.2, -0.15) is 0 Å². The molecule has 7 atom stereocenters. The first-order valence-electron chi connectivity index (χ1n) is 31.0. The molecule has 0 aromatic heterocycles. The standard InChI is InChI=1S/C18H30O2.C16H22O6.C16H26O3.C14H26O2/c1-5-17(3,4)16(19)20-18(6-2)14-8-12-7-13(10-14)11-15(18)9-12;1-4-16(2,3)15(19)20-7-11(17)21-12-8-5-9-10(6-8)14(18)22-13(9)12;1-4-14(2,3)13(17)19-16-8-11-5-12(9-16)7-15(18,6-11)10-16;1-5-13(3,4)12(15)16-14(6-2)10-8-7-9-11-14/h12-15H,5-11H2,1-4H3;8-10,12-13H,4-7H2,1-3H3;11-12,18H,4-10H2,1-3H3;5-11H2,1-4H3. The summed E-state index contributed by atoms with van der Waals surface area (Å²) in [6, 6.07) is 0. The Labute approximate surface area is 463 Å². The lowest BCUT2D eigenvalue weighted by Gasteiger charge is -2.60. The molecule has 11 saturated carbocycles. The molecule has 12 rings (SSSR count). The van der Waals surface area contributed by atoms with E-state index in [0.717, 1.165) is 95.3 Å². The van der Waals surface area contributed by atoms with Crippen LogP contribution in [-0.2, 0) is 57.2 Å². The molecule has 13 heteroatoms. The lowest BCUT2D eigenvalue weighted by Crippen LogP contribution is -2.61. The molecule has 7 unspecified atom stereocenters. The van der Waals surface area contributed by atoms with Gasteiger partial charge < -0.3 is 33.5 Å². The van der Waals surface area contributed by atoms with Gasteiger partial charge in [-0.3, -0.25) is 24.0 Å². The number of rotatable bonds is 16. The van der Waals surface area contributed by atoms with Crippen molar-refractivity contribution in [2.24, 2.45) is 74.9 Å². The fourth-order valence-corrected chi connectivity index (χ4v) is 15.9. The van der Waals surface area contributed by atoms with Crippen molar-refractivity contribution in [2.45, 2.75) is 286 Å². The van der Waals surface area contributed by atoms with Crippen LogP contribution >= 0.6 is 0 Å². The summed E-state index contributed by atoms with van der Waals surface area (Å²) in [7, 11) is 0. The third-order valence-electron chi connectivity index (χ3n) is 22.1.